The Bertz CT molecular complexity index is 988. The maximum absolute atomic E-state index is 12.6. The molecule has 2 atom stereocenters. The van der Waals surface area contributed by atoms with Crippen molar-refractivity contribution in [2.75, 3.05) is 13.6 Å². The molecule has 3 heterocycles. The molecule has 0 spiro atoms. The van der Waals surface area contributed by atoms with Crippen LogP contribution < -0.4 is 5.32 Å². The molecule has 9 heteroatoms. The molecule has 4 rings (SSSR count). The van der Waals surface area contributed by atoms with Crippen molar-refractivity contribution in [1.82, 2.24) is 20.4 Å². The second kappa shape index (κ2) is 15.9. The number of carbonyl (C=O) groups is 2. The number of nitrogens with one attached hydrogen (secondary N) is 1. The van der Waals surface area contributed by atoms with E-state index in [-0.39, 0.29) is 29.5 Å². The summed E-state index contributed by atoms with van der Waals surface area (Å²) in [5, 5.41) is 8.37. The van der Waals surface area contributed by atoms with E-state index in [1.54, 1.807) is 0 Å². The van der Waals surface area contributed by atoms with Crippen molar-refractivity contribution in [2.24, 2.45) is 5.92 Å². The Morgan fingerprint density at radius 1 is 1.23 bits per heavy atom. The Hall–Kier alpha value is -2.91. The predicted molar refractivity (Wildman–Crippen MR) is 139 cm³/mol. The van der Waals surface area contributed by atoms with E-state index in [1.165, 1.54) is 35.6 Å². The number of piperazine rings is 1. The second-order valence-corrected chi connectivity index (χ2v) is 9.80. The number of amides is 1. The van der Waals surface area contributed by atoms with Gasteiger partial charge in [0.15, 0.2) is 6.29 Å². The van der Waals surface area contributed by atoms with Crippen LogP contribution in [-0.2, 0) is 11.2 Å². The van der Waals surface area contributed by atoms with Crippen LogP contribution in [0.5, 0.6) is 0 Å². The monoisotopic (exact) mass is 504 g/mol. The number of halogens is 1. The zero-order valence-corrected chi connectivity index (χ0v) is 22.4. The van der Waals surface area contributed by atoms with Crippen LogP contribution in [0.2, 0.25) is 0 Å². The Morgan fingerprint density at radius 3 is 2.29 bits per heavy atom. The van der Waals surface area contributed by atoms with E-state index >= 15 is 0 Å². The summed E-state index contributed by atoms with van der Waals surface area (Å²) in [4.78, 5) is 28.6. The lowest BCUT2D eigenvalue weighted by molar-refractivity contribution is -0.128. The molecule has 0 saturated carbocycles. The van der Waals surface area contributed by atoms with E-state index in [4.69, 9.17) is 4.52 Å². The maximum atomic E-state index is 12.6. The van der Waals surface area contributed by atoms with Crippen molar-refractivity contribution in [1.29, 1.82) is 0 Å². The van der Waals surface area contributed by atoms with Gasteiger partial charge in [-0.25, -0.2) is 4.39 Å². The summed E-state index contributed by atoms with van der Waals surface area (Å²) in [5.74, 6) is 0.807. The number of thiophene rings is 1. The molecule has 1 aromatic carbocycles. The lowest BCUT2D eigenvalue weighted by atomic mass is 10.1. The summed E-state index contributed by atoms with van der Waals surface area (Å²) in [7, 11) is 1.97. The first-order chi connectivity index (χ1) is 16.6. The highest BCUT2D eigenvalue weighted by Crippen LogP contribution is 2.16. The summed E-state index contributed by atoms with van der Waals surface area (Å²) >= 11 is 1.82. The van der Waals surface area contributed by atoms with Crippen LogP contribution >= 0.6 is 11.3 Å². The summed E-state index contributed by atoms with van der Waals surface area (Å²) in [5.41, 5.74) is 0.576. The molecule has 1 amide bonds. The zero-order chi connectivity index (χ0) is 26.4. The van der Waals surface area contributed by atoms with Crippen molar-refractivity contribution >= 4 is 23.5 Å². The molecule has 0 aliphatic carbocycles. The molecule has 2 aromatic heterocycles. The van der Waals surface area contributed by atoms with E-state index in [0.29, 0.717) is 17.9 Å². The van der Waals surface area contributed by atoms with Crippen LogP contribution in [-0.4, -0.2) is 52.9 Å². The highest BCUT2D eigenvalue weighted by atomic mass is 32.1. The van der Waals surface area contributed by atoms with Crippen molar-refractivity contribution in [3.05, 3.63) is 58.3 Å². The number of hydrogen-bond acceptors (Lipinski definition) is 7. The zero-order valence-electron chi connectivity index (χ0n) is 21.6. The molecule has 1 N–H and O–H groups in total. The number of carbonyl (C=O) groups excluding carboxylic acids is 2. The van der Waals surface area contributed by atoms with Crippen LogP contribution in [0.1, 0.15) is 57.0 Å². The highest BCUT2D eigenvalue weighted by Gasteiger charge is 2.25. The number of rotatable bonds is 3. The fraction of sp³-hybridized carbons (Fsp3) is 0.462. The Kier molecular flexibility index (Phi) is 13.7. The minimum absolute atomic E-state index is 0.0238. The fourth-order valence-electron chi connectivity index (χ4n) is 2.71. The molecule has 1 saturated heterocycles. The van der Waals surface area contributed by atoms with E-state index in [1.807, 2.05) is 32.2 Å². The number of nitrogens with zero attached hydrogens (tertiary/aromatic N) is 3. The first kappa shape index (κ1) is 30.1. The van der Waals surface area contributed by atoms with Crippen LogP contribution in [0.25, 0.3) is 11.5 Å². The summed E-state index contributed by atoms with van der Waals surface area (Å²) in [6.45, 7) is 13.6. The van der Waals surface area contributed by atoms with Crippen LogP contribution in [0.3, 0.4) is 0 Å². The highest BCUT2D eigenvalue weighted by molar-refractivity contribution is 7.09. The standard InChI is InChI=1S/C9H5FN2O2.C7H14N2O.C6H8S.C4H10/c10-7-3-1-6(2-4-7)9-11-8(5-13)12-14-9;1-5-4-9(3)6(2)7(10)8-5;1-2-6-4-3-5-7-6;1-4(2)3/h1-5H;5-6H,4H2,1-3H3,(H,8,10);3-5H,2H2,1H3;4H,1-3H3. The molecule has 2 unspecified atom stereocenters. The number of aldehydes is 1. The molecule has 35 heavy (non-hydrogen) atoms. The normalized spacial score (nSPS) is 17.1. The maximum Gasteiger partial charge on any atom is 0.258 e. The van der Waals surface area contributed by atoms with E-state index in [0.717, 1.165) is 12.5 Å². The molecule has 1 aliphatic heterocycles. The van der Waals surface area contributed by atoms with Crippen LogP contribution in [0.15, 0.2) is 46.3 Å². The topological polar surface area (TPSA) is 88.3 Å². The van der Waals surface area contributed by atoms with E-state index in [2.05, 4.69) is 65.6 Å². The molecular formula is C26H37FN4O3S. The molecule has 1 aliphatic rings. The third-order valence-corrected chi connectivity index (χ3v) is 5.58. The third kappa shape index (κ3) is 11.9. The van der Waals surface area contributed by atoms with Crippen LogP contribution in [0.4, 0.5) is 4.39 Å². The average molecular weight is 505 g/mol. The minimum atomic E-state index is -0.344. The average Bonchev–Trinajstić information content (AvgIpc) is 3.50. The van der Waals surface area contributed by atoms with Gasteiger partial charge in [-0.1, -0.05) is 38.9 Å². The van der Waals surface area contributed by atoms with Gasteiger partial charge in [-0.05, 0) is 68.9 Å². The number of likely N-dealkylation sites (N-methyl/N-ethyl adjacent to an activating group) is 1. The van der Waals surface area contributed by atoms with Gasteiger partial charge in [-0.2, -0.15) is 4.98 Å². The molecular weight excluding hydrogens is 467 g/mol. The molecule has 0 radical (unpaired) electrons. The summed E-state index contributed by atoms with van der Waals surface area (Å²) < 4.78 is 17.3. The summed E-state index contributed by atoms with van der Waals surface area (Å²) in [6, 6.07) is 10.1. The molecule has 192 valence electrons. The SMILES string of the molecule is CC(C)C.CC1CN(C)C(C)C(=O)N1.CCc1cccs1.O=Cc1noc(-c2ccc(F)cc2)n1. The predicted octanol–water partition coefficient (Wildman–Crippen LogP) is 5.49. The first-order valence-electron chi connectivity index (χ1n) is 11.6. The van der Waals surface area contributed by atoms with Crippen LogP contribution in [0, 0.1) is 11.7 Å². The van der Waals surface area contributed by atoms with Gasteiger partial charge in [0.2, 0.25) is 11.7 Å². The minimum Gasteiger partial charge on any atom is -0.351 e. The van der Waals surface area contributed by atoms with Gasteiger partial charge in [-0.3, -0.25) is 14.5 Å². The number of hydrogen-bond donors (Lipinski definition) is 1. The number of aryl methyl sites for hydroxylation is 1. The van der Waals surface area contributed by atoms with E-state index < -0.39 is 0 Å². The van der Waals surface area contributed by atoms with E-state index in [9.17, 15) is 14.0 Å². The van der Waals surface area contributed by atoms with Crippen molar-refractivity contribution in [3.8, 4) is 11.5 Å². The van der Waals surface area contributed by atoms with Gasteiger partial charge in [0.1, 0.15) is 5.82 Å². The Labute approximate surface area is 211 Å². The molecule has 1 fully saturated rings. The lowest BCUT2D eigenvalue weighted by Crippen LogP contribution is -2.56. The summed E-state index contributed by atoms with van der Waals surface area (Å²) in [6.07, 6.45) is 1.66. The van der Waals surface area contributed by atoms with Gasteiger partial charge in [-0.15, -0.1) is 11.3 Å². The second-order valence-electron chi connectivity index (χ2n) is 8.77. The van der Waals surface area contributed by atoms with Crippen molar-refractivity contribution in [3.63, 3.8) is 0 Å². The quantitative estimate of drug-likeness (QED) is 0.475. The van der Waals surface area contributed by atoms with Gasteiger partial charge in [0.25, 0.3) is 5.89 Å². The number of benzene rings is 1. The Morgan fingerprint density at radius 2 is 1.86 bits per heavy atom. The van der Waals surface area contributed by atoms with Gasteiger partial charge in [0.05, 0.1) is 6.04 Å². The Balaban J connectivity index is 0.000000256. The third-order valence-electron chi connectivity index (χ3n) is 4.56. The molecule has 7 nitrogen and oxygen atoms in total. The number of aromatic nitrogens is 2. The first-order valence-corrected chi connectivity index (χ1v) is 12.5. The lowest BCUT2D eigenvalue weighted by Gasteiger charge is -2.33. The smallest absolute Gasteiger partial charge is 0.258 e. The largest absolute Gasteiger partial charge is 0.351 e. The van der Waals surface area contributed by atoms with Crippen molar-refractivity contribution in [2.45, 2.75) is 60.0 Å². The fourth-order valence-corrected chi connectivity index (χ4v) is 3.36. The molecule has 3 aromatic rings. The van der Waals surface area contributed by atoms with Gasteiger partial charge < -0.3 is 9.84 Å². The molecule has 0 bridgehead atoms. The van der Waals surface area contributed by atoms with Gasteiger partial charge in [0, 0.05) is 23.0 Å². The van der Waals surface area contributed by atoms with Gasteiger partial charge >= 0.3 is 0 Å². The van der Waals surface area contributed by atoms with Crippen molar-refractivity contribution < 1.29 is 18.5 Å².